The van der Waals surface area contributed by atoms with Gasteiger partial charge >= 0.3 is 6.18 Å². The fraction of sp³-hybridized carbons (Fsp3) is 0.143. The van der Waals surface area contributed by atoms with Gasteiger partial charge in [0.2, 0.25) is 0 Å². The Morgan fingerprint density at radius 2 is 1.80 bits per heavy atom. The van der Waals surface area contributed by atoms with Crippen molar-refractivity contribution in [3.05, 3.63) is 77.7 Å². The molecule has 0 saturated carbocycles. The molecule has 0 aliphatic carbocycles. The first kappa shape index (κ1) is 21.3. The van der Waals surface area contributed by atoms with Crippen molar-refractivity contribution in [3.63, 3.8) is 0 Å². The molecule has 0 aliphatic heterocycles. The second-order valence-electron chi connectivity index (χ2n) is 6.16. The van der Waals surface area contributed by atoms with E-state index in [1.165, 1.54) is 30.3 Å². The smallest absolute Gasteiger partial charge is 0.416 e. The van der Waals surface area contributed by atoms with Crippen LogP contribution in [0.4, 0.5) is 17.6 Å². The van der Waals surface area contributed by atoms with Crippen LogP contribution in [0, 0.1) is 5.82 Å². The van der Waals surface area contributed by atoms with Gasteiger partial charge in [0.1, 0.15) is 23.0 Å². The van der Waals surface area contributed by atoms with Gasteiger partial charge in [-0.15, -0.1) is 0 Å². The van der Waals surface area contributed by atoms with Gasteiger partial charge in [-0.05, 0) is 48.5 Å². The standard InChI is InChI=1S/C21H16F4N2O3/c22-15-3-1-2-13(12-15)19-18(9-8-17(27-19)20(29)26-10-11-28)30-16-6-4-14(5-7-16)21(23,24)25/h1-9,12,28H,10-11H2,(H,26,29). The van der Waals surface area contributed by atoms with Crippen molar-refractivity contribution >= 4 is 5.91 Å². The Labute approximate surface area is 169 Å². The van der Waals surface area contributed by atoms with E-state index < -0.39 is 23.5 Å². The predicted octanol–water partition coefficient (Wildman–Crippen LogP) is 4.42. The number of aromatic nitrogens is 1. The normalized spacial score (nSPS) is 11.2. The maximum absolute atomic E-state index is 13.7. The van der Waals surface area contributed by atoms with E-state index in [0.717, 1.165) is 24.3 Å². The van der Waals surface area contributed by atoms with Crippen LogP contribution in [-0.4, -0.2) is 29.1 Å². The van der Waals surface area contributed by atoms with E-state index in [2.05, 4.69) is 10.3 Å². The fourth-order valence-electron chi connectivity index (χ4n) is 2.60. The summed E-state index contributed by atoms with van der Waals surface area (Å²) in [5.74, 6) is -0.855. The lowest BCUT2D eigenvalue weighted by molar-refractivity contribution is -0.137. The van der Waals surface area contributed by atoms with Crippen LogP contribution >= 0.6 is 0 Å². The van der Waals surface area contributed by atoms with E-state index in [9.17, 15) is 22.4 Å². The summed E-state index contributed by atoms with van der Waals surface area (Å²) in [5, 5.41) is 11.3. The van der Waals surface area contributed by atoms with Crippen molar-refractivity contribution in [1.82, 2.24) is 10.3 Å². The molecule has 9 heteroatoms. The van der Waals surface area contributed by atoms with Gasteiger partial charge in [-0.2, -0.15) is 13.2 Å². The summed E-state index contributed by atoms with van der Waals surface area (Å²) in [6, 6.07) is 12.3. The first-order valence-corrected chi connectivity index (χ1v) is 8.79. The van der Waals surface area contributed by atoms with Crippen molar-refractivity contribution < 1.29 is 32.2 Å². The van der Waals surface area contributed by atoms with Crippen molar-refractivity contribution in [2.24, 2.45) is 0 Å². The zero-order chi connectivity index (χ0) is 21.7. The lowest BCUT2D eigenvalue weighted by Crippen LogP contribution is -2.27. The van der Waals surface area contributed by atoms with E-state index >= 15 is 0 Å². The second-order valence-corrected chi connectivity index (χ2v) is 6.16. The lowest BCUT2D eigenvalue weighted by Gasteiger charge is -2.13. The summed E-state index contributed by atoms with van der Waals surface area (Å²) in [6.07, 6.45) is -4.48. The van der Waals surface area contributed by atoms with Gasteiger partial charge in [0.05, 0.1) is 12.2 Å². The van der Waals surface area contributed by atoms with Crippen LogP contribution in [0.1, 0.15) is 16.1 Å². The number of nitrogens with zero attached hydrogens (tertiary/aromatic N) is 1. The number of carbonyl (C=O) groups is 1. The molecular formula is C21H16F4N2O3. The molecule has 1 heterocycles. The predicted molar refractivity (Wildman–Crippen MR) is 101 cm³/mol. The third-order valence-corrected chi connectivity index (χ3v) is 4.00. The Hall–Kier alpha value is -3.46. The number of amides is 1. The van der Waals surface area contributed by atoms with Gasteiger partial charge in [0, 0.05) is 12.1 Å². The molecule has 1 aromatic heterocycles. The monoisotopic (exact) mass is 420 g/mol. The van der Waals surface area contributed by atoms with Crippen LogP contribution in [0.5, 0.6) is 11.5 Å². The van der Waals surface area contributed by atoms with Crippen LogP contribution in [0.25, 0.3) is 11.3 Å². The molecule has 156 valence electrons. The molecule has 0 fully saturated rings. The highest BCUT2D eigenvalue weighted by atomic mass is 19.4. The zero-order valence-electron chi connectivity index (χ0n) is 15.4. The number of ether oxygens (including phenoxy) is 1. The number of rotatable bonds is 6. The average molecular weight is 420 g/mol. The second kappa shape index (κ2) is 8.91. The Bertz CT molecular complexity index is 1040. The SMILES string of the molecule is O=C(NCCO)c1ccc(Oc2ccc(C(F)(F)F)cc2)c(-c2cccc(F)c2)n1. The average Bonchev–Trinajstić information content (AvgIpc) is 2.72. The van der Waals surface area contributed by atoms with E-state index in [1.807, 2.05) is 0 Å². The topological polar surface area (TPSA) is 71.5 Å². The molecule has 0 radical (unpaired) electrons. The summed E-state index contributed by atoms with van der Waals surface area (Å²) >= 11 is 0. The Morgan fingerprint density at radius 1 is 1.07 bits per heavy atom. The van der Waals surface area contributed by atoms with Crippen LogP contribution in [0.2, 0.25) is 0 Å². The molecule has 2 aromatic carbocycles. The number of aliphatic hydroxyl groups excluding tert-OH is 1. The van der Waals surface area contributed by atoms with Crippen LogP contribution in [-0.2, 0) is 6.18 Å². The molecule has 0 aliphatic rings. The summed E-state index contributed by atoms with van der Waals surface area (Å²) in [6.45, 7) is -0.225. The van der Waals surface area contributed by atoms with Crippen molar-refractivity contribution in [1.29, 1.82) is 0 Å². The van der Waals surface area contributed by atoms with Gasteiger partial charge in [0.25, 0.3) is 5.91 Å². The molecule has 5 nitrogen and oxygen atoms in total. The molecule has 1 amide bonds. The minimum absolute atomic E-state index is 0.00230. The molecule has 2 N–H and O–H groups in total. The quantitative estimate of drug-likeness (QED) is 0.579. The number of hydrogen-bond acceptors (Lipinski definition) is 4. The zero-order valence-corrected chi connectivity index (χ0v) is 15.4. The van der Waals surface area contributed by atoms with E-state index in [-0.39, 0.29) is 36.0 Å². The van der Waals surface area contributed by atoms with E-state index in [0.29, 0.717) is 5.56 Å². The first-order valence-electron chi connectivity index (χ1n) is 8.79. The minimum Gasteiger partial charge on any atom is -0.455 e. The Balaban J connectivity index is 1.97. The van der Waals surface area contributed by atoms with Gasteiger partial charge in [-0.25, -0.2) is 9.37 Å². The Morgan fingerprint density at radius 3 is 2.43 bits per heavy atom. The molecule has 0 unspecified atom stereocenters. The van der Waals surface area contributed by atoms with Crippen molar-refractivity contribution in [3.8, 4) is 22.8 Å². The maximum Gasteiger partial charge on any atom is 0.416 e. The van der Waals surface area contributed by atoms with Gasteiger partial charge in [0.15, 0.2) is 5.75 Å². The Kier molecular flexibility index (Phi) is 6.31. The van der Waals surface area contributed by atoms with Gasteiger partial charge in [-0.1, -0.05) is 12.1 Å². The summed E-state index contributed by atoms with van der Waals surface area (Å²) in [5.41, 5.74) is -0.378. The number of aliphatic hydroxyl groups is 1. The van der Waals surface area contributed by atoms with E-state index in [4.69, 9.17) is 9.84 Å². The van der Waals surface area contributed by atoms with Crippen LogP contribution in [0.15, 0.2) is 60.7 Å². The molecule has 0 bridgehead atoms. The molecule has 0 atom stereocenters. The summed E-state index contributed by atoms with van der Waals surface area (Å²) in [7, 11) is 0. The number of carbonyl (C=O) groups excluding carboxylic acids is 1. The maximum atomic E-state index is 13.7. The third kappa shape index (κ3) is 5.12. The van der Waals surface area contributed by atoms with Gasteiger partial charge in [-0.3, -0.25) is 4.79 Å². The third-order valence-electron chi connectivity index (χ3n) is 4.00. The number of benzene rings is 2. The van der Waals surface area contributed by atoms with Crippen LogP contribution < -0.4 is 10.1 Å². The summed E-state index contributed by atoms with van der Waals surface area (Å²) < 4.78 is 57.6. The molecule has 0 saturated heterocycles. The minimum atomic E-state index is -4.48. The highest BCUT2D eigenvalue weighted by Gasteiger charge is 2.30. The molecule has 3 rings (SSSR count). The number of pyridine rings is 1. The number of alkyl halides is 3. The van der Waals surface area contributed by atoms with Gasteiger partial charge < -0.3 is 15.2 Å². The summed E-state index contributed by atoms with van der Waals surface area (Å²) in [4.78, 5) is 16.4. The number of halogens is 4. The van der Waals surface area contributed by atoms with Crippen molar-refractivity contribution in [2.75, 3.05) is 13.2 Å². The number of nitrogens with one attached hydrogen (secondary N) is 1. The molecule has 30 heavy (non-hydrogen) atoms. The molecule has 0 spiro atoms. The largest absolute Gasteiger partial charge is 0.455 e. The number of hydrogen-bond donors (Lipinski definition) is 2. The lowest BCUT2D eigenvalue weighted by atomic mass is 10.1. The molecular weight excluding hydrogens is 404 g/mol. The van der Waals surface area contributed by atoms with Crippen LogP contribution in [0.3, 0.4) is 0 Å². The highest BCUT2D eigenvalue weighted by Crippen LogP contribution is 2.34. The van der Waals surface area contributed by atoms with Crippen molar-refractivity contribution in [2.45, 2.75) is 6.18 Å². The van der Waals surface area contributed by atoms with E-state index in [1.54, 1.807) is 6.07 Å². The highest BCUT2D eigenvalue weighted by molar-refractivity contribution is 5.93. The fourth-order valence-corrected chi connectivity index (χ4v) is 2.60. The molecule has 3 aromatic rings. The first-order chi connectivity index (χ1) is 14.3.